The summed E-state index contributed by atoms with van der Waals surface area (Å²) in [4.78, 5) is 33.3. The van der Waals surface area contributed by atoms with Crippen LogP contribution in [0.15, 0.2) is 42.1 Å². The van der Waals surface area contributed by atoms with Crippen molar-refractivity contribution in [1.82, 2.24) is 0 Å². The molecule has 1 heterocycles. The van der Waals surface area contributed by atoms with E-state index in [1.165, 1.54) is 6.08 Å². The molecule has 0 unspecified atom stereocenters. The molecule has 0 atom stereocenters. The van der Waals surface area contributed by atoms with Crippen molar-refractivity contribution in [3.8, 4) is 0 Å². The molecule has 0 radical (unpaired) electrons. The Bertz CT molecular complexity index is 1020. The minimum Gasteiger partial charge on any atom is -0.347 e. The van der Waals surface area contributed by atoms with Crippen LogP contribution in [0, 0.1) is 30.3 Å². The van der Waals surface area contributed by atoms with Crippen LogP contribution in [-0.4, -0.2) is 21.8 Å². The van der Waals surface area contributed by atoms with Gasteiger partial charge in [0.25, 0.3) is 17.1 Å². The minimum atomic E-state index is -0.890. The van der Waals surface area contributed by atoms with Crippen molar-refractivity contribution in [1.29, 1.82) is 0 Å². The molecule has 0 spiro atoms. The van der Waals surface area contributed by atoms with Crippen LogP contribution in [0.25, 0.3) is 6.08 Å². The van der Waals surface area contributed by atoms with E-state index < -0.39 is 37.2 Å². The van der Waals surface area contributed by atoms with E-state index in [9.17, 15) is 30.3 Å². The van der Waals surface area contributed by atoms with Crippen LogP contribution < -0.4 is 4.90 Å². The van der Waals surface area contributed by atoms with E-state index in [-0.39, 0.29) is 5.56 Å². The van der Waals surface area contributed by atoms with Gasteiger partial charge in [0.1, 0.15) is 5.56 Å². The van der Waals surface area contributed by atoms with Gasteiger partial charge in [-0.1, -0.05) is 32.0 Å². The van der Waals surface area contributed by atoms with Gasteiger partial charge in [0, 0.05) is 23.8 Å². The fourth-order valence-electron chi connectivity index (χ4n) is 3.56. The number of nitro groups is 3. The Morgan fingerprint density at radius 3 is 1.93 bits per heavy atom. The zero-order valence-corrected chi connectivity index (χ0v) is 15.3. The predicted octanol–water partition coefficient (Wildman–Crippen LogP) is 4.18. The summed E-state index contributed by atoms with van der Waals surface area (Å²) in [6.45, 7) is 3.81. The monoisotopic (exact) mass is 384 g/mol. The van der Waals surface area contributed by atoms with Crippen LogP contribution in [-0.2, 0) is 5.41 Å². The van der Waals surface area contributed by atoms with Crippen molar-refractivity contribution in [2.75, 3.05) is 11.9 Å². The highest BCUT2D eigenvalue weighted by molar-refractivity contribution is 5.81. The van der Waals surface area contributed by atoms with Gasteiger partial charge in [-0.2, -0.15) is 0 Å². The van der Waals surface area contributed by atoms with E-state index in [0.29, 0.717) is 5.70 Å². The van der Waals surface area contributed by atoms with Gasteiger partial charge < -0.3 is 4.90 Å². The molecule has 144 valence electrons. The molecule has 10 heteroatoms. The largest absolute Gasteiger partial charge is 0.347 e. The summed E-state index contributed by atoms with van der Waals surface area (Å²) in [7, 11) is 1.77. The lowest BCUT2D eigenvalue weighted by atomic mass is 9.83. The molecule has 0 aromatic heterocycles. The molecule has 28 heavy (non-hydrogen) atoms. The van der Waals surface area contributed by atoms with E-state index in [4.69, 9.17) is 0 Å². The Balaban J connectivity index is 2.31. The molecule has 0 fully saturated rings. The maximum absolute atomic E-state index is 11.5. The number of benzene rings is 2. The zero-order chi connectivity index (χ0) is 20.8. The second kappa shape index (κ2) is 6.41. The van der Waals surface area contributed by atoms with Crippen molar-refractivity contribution in [2.24, 2.45) is 0 Å². The van der Waals surface area contributed by atoms with Crippen molar-refractivity contribution in [2.45, 2.75) is 19.3 Å². The molecule has 2 aromatic carbocycles. The average molecular weight is 384 g/mol. The number of nitrogens with zero attached hydrogens (tertiary/aromatic N) is 4. The van der Waals surface area contributed by atoms with Gasteiger partial charge in [0.05, 0.1) is 26.9 Å². The van der Waals surface area contributed by atoms with Crippen molar-refractivity contribution in [3.05, 3.63) is 83.6 Å². The summed E-state index contributed by atoms with van der Waals surface area (Å²) >= 11 is 0. The first-order valence-corrected chi connectivity index (χ1v) is 8.22. The van der Waals surface area contributed by atoms with Gasteiger partial charge in [0.2, 0.25) is 0 Å². The summed E-state index contributed by atoms with van der Waals surface area (Å²) in [6, 6.07) is 9.02. The van der Waals surface area contributed by atoms with Gasteiger partial charge >= 0.3 is 0 Å². The Hall–Kier alpha value is -3.82. The molecular formula is C18H16N4O6. The van der Waals surface area contributed by atoms with Gasteiger partial charge in [-0.25, -0.2) is 0 Å². The van der Waals surface area contributed by atoms with Crippen LogP contribution in [0.2, 0.25) is 0 Å². The summed E-state index contributed by atoms with van der Waals surface area (Å²) in [5, 5.41) is 34.1. The van der Waals surface area contributed by atoms with Crippen LogP contribution in [0.3, 0.4) is 0 Å². The molecule has 2 aromatic rings. The Kier molecular flexibility index (Phi) is 4.34. The van der Waals surface area contributed by atoms with Gasteiger partial charge in [-0.05, 0) is 17.7 Å². The first-order chi connectivity index (χ1) is 13.1. The molecule has 0 saturated heterocycles. The number of anilines is 1. The number of likely N-dealkylation sites (N-methyl/N-ethyl adjacent to an activating group) is 1. The number of nitro benzene ring substituents is 3. The third-order valence-corrected chi connectivity index (χ3v) is 4.95. The smallest absolute Gasteiger partial charge is 0.290 e. The molecule has 0 N–H and O–H groups in total. The average Bonchev–Trinajstić information content (AvgIpc) is 2.82. The quantitative estimate of drug-likeness (QED) is 0.570. The number of hydrogen-bond acceptors (Lipinski definition) is 7. The summed E-state index contributed by atoms with van der Waals surface area (Å²) < 4.78 is 0. The highest BCUT2D eigenvalue weighted by Gasteiger charge is 2.40. The molecule has 1 aliphatic heterocycles. The highest BCUT2D eigenvalue weighted by atomic mass is 16.6. The number of fused-ring (bicyclic) bond motifs is 1. The second-order valence-corrected chi connectivity index (χ2v) is 6.90. The van der Waals surface area contributed by atoms with Crippen LogP contribution in [0.1, 0.15) is 25.0 Å². The maximum atomic E-state index is 11.5. The molecule has 3 rings (SSSR count). The molecule has 0 aliphatic carbocycles. The molecular weight excluding hydrogens is 368 g/mol. The molecule has 10 nitrogen and oxygen atoms in total. The minimum absolute atomic E-state index is 0.275. The van der Waals surface area contributed by atoms with Crippen LogP contribution in [0.4, 0.5) is 22.7 Å². The second-order valence-electron chi connectivity index (χ2n) is 6.90. The third kappa shape index (κ3) is 2.84. The fraction of sp³-hybridized carbons (Fsp3) is 0.222. The number of hydrogen-bond donors (Lipinski definition) is 0. The van der Waals surface area contributed by atoms with E-state index in [1.54, 1.807) is 7.05 Å². The Morgan fingerprint density at radius 1 is 0.929 bits per heavy atom. The number of rotatable bonds is 4. The fourth-order valence-corrected chi connectivity index (χ4v) is 3.56. The lowest BCUT2D eigenvalue weighted by molar-refractivity contribution is -0.403. The molecule has 0 bridgehead atoms. The molecule has 1 aliphatic rings. The Morgan fingerprint density at radius 2 is 1.46 bits per heavy atom. The summed E-state index contributed by atoms with van der Waals surface area (Å²) in [5.41, 5.74) is -0.474. The van der Waals surface area contributed by atoms with E-state index >= 15 is 0 Å². The number of para-hydroxylation sites is 1. The van der Waals surface area contributed by atoms with Gasteiger partial charge in [-0.15, -0.1) is 0 Å². The van der Waals surface area contributed by atoms with Crippen LogP contribution in [0.5, 0.6) is 0 Å². The first-order valence-electron chi connectivity index (χ1n) is 8.22. The SMILES string of the molecule is CN1/C(=C\c2c([N+](=O)[O-])cc([N+](=O)[O-])cc2[N+](=O)[O-])C(C)(C)c2ccccc21. The predicted molar refractivity (Wildman–Crippen MR) is 102 cm³/mol. The Labute approximate surface area is 159 Å². The number of allylic oxidation sites excluding steroid dienone is 1. The standard InChI is InChI=1S/C18H16N4O6/c1-18(2)13-6-4-5-7-14(13)19(3)17(18)10-12-15(21(25)26)8-11(20(23)24)9-16(12)22(27)28/h4-10H,1-3H3/b17-10-. The first kappa shape index (κ1) is 19.0. The van der Waals surface area contributed by atoms with Crippen molar-refractivity contribution < 1.29 is 14.8 Å². The maximum Gasteiger partial charge on any atom is 0.290 e. The lowest BCUT2D eigenvalue weighted by Crippen LogP contribution is -2.22. The third-order valence-electron chi connectivity index (χ3n) is 4.95. The summed E-state index contributed by atoms with van der Waals surface area (Å²) in [6.07, 6.45) is 1.37. The molecule has 0 saturated carbocycles. The van der Waals surface area contributed by atoms with Gasteiger partial charge in [0.15, 0.2) is 0 Å². The lowest BCUT2D eigenvalue weighted by Gasteiger charge is -2.24. The van der Waals surface area contributed by atoms with Crippen LogP contribution >= 0.6 is 0 Å². The van der Waals surface area contributed by atoms with Gasteiger partial charge in [-0.3, -0.25) is 30.3 Å². The molecule has 0 amide bonds. The highest BCUT2D eigenvalue weighted by Crippen LogP contribution is 2.48. The normalized spacial score (nSPS) is 16.1. The van der Waals surface area contributed by atoms with E-state index in [0.717, 1.165) is 23.4 Å². The van der Waals surface area contributed by atoms with E-state index in [1.807, 2.05) is 43.0 Å². The zero-order valence-electron chi connectivity index (χ0n) is 15.3. The number of non-ortho nitro benzene ring substituents is 1. The topological polar surface area (TPSA) is 133 Å². The van der Waals surface area contributed by atoms with Crippen molar-refractivity contribution in [3.63, 3.8) is 0 Å². The van der Waals surface area contributed by atoms with Crippen molar-refractivity contribution >= 4 is 28.8 Å². The van der Waals surface area contributed by atoms with E-state index in [2.05, 4.69) is 0 Å². The summed E-state index contributed by atoms with van der Waals surface area (Å²) in [5.74, 6) is 0.